The van der Waals surface area contributed by atoms with Gasteiger partial charge in [0.15, 0.2) is 0 Å². The van der Waals surface area contributed by atoms with Crippen molar-refractivity contribution in [3.8, 4) is 0 Å². The van der Waals surface area contributed by atoms with Crippen LogP contribution in [0.1, 0.15) is 26.3 Å². The van der Waals surface area contributed by atoms with E-state index in [-0.39, 0.29) is 28.6 Å². The highest BCUT2D eigenvalue weighted by molar-refractivity contribution is 7.89. The van der Waals surface area contributed by atoms with Crippen LogP contribution in [-0.2, 0) is 25.9 Å². The van der Waals surface area contributed by atoms with Crippen molar-refractivity contribution in [3.63, 3.8) is 0 Å². The number of methoxy groups -OCH3 is 1. The quantitative estimate of drug-likeness (QED) is 0.645. The van der Waals surface area contributed by atoms with Crippen LogP contribution in [-0.4, -0.2) is 64.6 Å². The predicted molar refractivity (Wildman–Crippen MR) is 114 cm³/mol. The molecule has 164 valence electrons. The fourth-order valence-corrected chi connectivity index (χ4v) is 5.40. The third-order valence-corrected chi connectivity index (χ3v) is 7.64. The number of hydrogen-bond donors (Lipinski definition) is 0. The molecule has 1 saturated heterocycles. The van der Waals surface area contributed by atoms with Gasteiger partial charge in [-0.1, -0.05) is 11.6 Å². The molecular formula is C21H21ClN2O6S. The number of sulfonamides is 1. The number of benzene rings is 2. The fraction of sp³-hybridized carbons (Fsp3) is 0.333. The van der Waals surface area contributed by atoms with Crippen molar-refractivity contribution in [1.29, 1.82) is 0 Å². The lowest BCUT2D eigenvalue weighted by atomic mass is 10.1. The van der Waals surface area contributed by atoms with Gasteiger partial charge in [-0.25, -0.2) is 13.2 Å². The standard InChI is InChI=1S/C21H21ClN2O6S/c1-29-21(26)15-2-5-19-14(12-15)6-7-24(19)20(25)17-13-16(3-4-18(17)22)31(27,28)23-8-10-30-11-9-23/h2-5,12-13H,6-11H2,1H3. The first kappa shape index (κ1) is 21.8. The van der Waals surface area contributed by atoms with Crippen molar-refractivity contribution >= 4 is 39.2 Å². The van der Waals surface area contributed by atoms with Crippen molar-refractivity contribution in [2.75, 3.05) is 44.9 Å². The Morgan fingerprint density at radius 2 is 1.81 bits per heavy atom. The normalized spacial score (nSPS) is 16.8. The first-order valence-corrected chi connectivity index (χ1v) is 11.6. The number of carbonyl (C=O) groups is 2. The summed E-state index contributed by atoms with van der Waals surface area (Å²) in [7, 11) is -2.45. The van der Waals surface area contributed by atoms with Crippen LogP contribution in [0.3, 0.4) is 0 Å². The van der Waals surface area contributed by atoms with Crippen LogP contribution in [0.15, 0.2) is 41.3 Å². The number of halogens is 1. The van der Waals surface area contributed by atoms with Gasteiger partial charge in [0.05, 0.1) is 41.4 Å². The van der Waals surface area contributed by atoms with E-state index in [1.165, 1.54) is 29.6 Å². The van der Waals surface area contributed by atoms with Gasteiger partial charge >= 0.3 is 5.97 Å². The van der Waals surface area contributed by atoms with Gasteiger partial charge < -0.3 is 14.4 Å². The molecule has 0 atom stereocenters. The van der Waals surface area contributed by atoms with Crippen molar-refractivity contribution in [3.05, 3.63) is 58.1 Å². The molecule has 0 aromatic heterocycles. The summed E-state index contributed by atoms with van der Waals surface area (Å²) < 4.78 is 37.3. The van der Waals surface area contributed by atoms with Crippen LogP contribution in [0.25, 0.3) is 0 Å². The molecule has 2 aliphatic rings. The third kappa shape index (κ3) is 4.06. The second-order valence-electron chi connectivity index (χ2n) is 7.20. The molecule has 31 heavy (non-hydrogen) atoms. The number of anilines is 1. The molecule has 1 fully saturated rings. The monoisotopic (exact) mass is 464 g/mol. The molecule has 4 rings (SSSR count). The zero-order valence-corrected chi connectivity index (χ0v) is 18.4. The summed E-state index contributed by atoms with van der Waals surface area (Å²) in [5, 5.41) is 0.172. The van der Waals surface area contributed by atoms with Crippen LogP contribution >= 0.6 is 11.6 Å². The van der Waals surface area contributed by atoms with E-state index >= 15 is 0 Å². The van der Waals surface area contributed by atoms with Gasteiger partial charge in [0.25, 0.3) is 5.91 Å². The van der Waals surface area contributed by atoms with Gasteiger partial charge in [-0.3, -0.25) is 4.79 Å². The first-order chi connectivity index (χ1) is 14.8. The molecule has 0 saturated carbocycles. The lowest BCUT2D eigenvalue weighted by molar-refractivity contribution is 0.0600. The Kier molecular flexibility index (Phi) is 6.02. The van der Waals surface area contributed by atoms with Gasteiger partial charge in [0, 0.05) is 25.3 Å². The molecule has 8 nitrogen and oxygen atoms in total. The molecule has 10 heteroatoms. The zero-order chi connectivity index (χ0) is 22.2. The van der Waals surface area contributed by atoms with E-state index in [9.17, 15) is 18.0 Å². The van der Waals surface area contributed by atoms with Crippen LogP contribution in [0.2, 0.25) is 5.02 Å². The number of nitrogens with zero attached hydrogens (tertiary/aromatic N) is 2. The molecule has 2 aromatic rings. The summed E-state index contributed by atoms with van der Waals surface area (Å²) in [4.78, 5) is 26.6. The summed E-state index contributed by atoms with van der Waals surface area (Å²) in [5.74, 6) is -0.842. The minimum Gasteiger partial charge on any atom is -0.465 e. The second-order valence-corrected chi connectivity index (χ2v) is 9.55. The van der Waals surface area contributed by atoms with Crippen molar-refractivity contribution in [1.82, 2.24) is 4.31 Å². The molecular weight excluding hydrogens is 444 g/mol. The molecule has 0 N–H and O–H groups in total. The minimum absolute atomic E-state index is 0.0163. The molecule has 0 spiro atoms. The number of esters is 1. The summed E-state index contributed by atoms with van der Waals surface area (Å²) in [6.45, 7) is 1.58. The molecule has 2 aliphatic heterocycles. The van der Waals surface area contributed by atoms with E-state index in [0.717, 1.165) is 5.56 Å². The van der Waals surface area contributed by atoms with E-state index in [1.54, 1.807) is 23.1 Å². The van der Waals surface area contributed by atoms with Crippen LogP contribution in [0, 0.1) is 0 Å². The number of fused-ring (bicyclic) bond motifs is 1. The fourth-order valence-electron chi connectivity index (χ4n) is 3.77. The van der Waals surface area contributed by atoms with Gasteiger partial charge in [-0.15, -0.1) is 0 Å². The van der Waals surface area contributed by atoms with Crippen LogP contribution < -0.4 is 4.90 Å². The third-order valence-electron chi connectivity index (χ3n) is 5.42. The molecule has 2 aromatic carbocycles. The van der Waals surface area contributed by atoms with Crippen LogP contribution in [0.4, 0.5) is 5.69 Å². The largest absolute Gasteiger partial charge is 0.465 e. The minimum atomic E-state index is -3.76. The first-order valence-electron chi connectivity index (χ1n) is 9.73. The van der Waals surface area contributed by atoms with E-state index in [1.807, 2.05) is 0 Å². The summed E-state index contributed by atoms with van der Waals surface area (Å²) >= 11 is 6.28. The molecule has 2 heterocycles. The van der Waals surface area contributed by atoms with Crippen LogP contribution in [0.5, 0.6) is 0 Å². The molecule has 0 aliphatic carbocycles. The maximum atomic E-state index is 13.3. The molecule has 0 radical (unpaired) electrons. The summed E-state index contributed by atoms with van der Waals surface area (Å²) in [5.41, 5.74) is 2.02. The maximum Gasteiger partial charge on any atom is 0.337 e. The Morgan fingerprint density at radius 3 is 2.52 bits per heavy atom. The SMILES string of the molecule is COC(=O)c1ccc2c(c1)CCN2C(=O)c1cc(S(=O)(=O)N2CCOCC2)ccc1Cl. The van der Waals surface area contributed by atoms with Crippen molar-refractivity contribution in [2.45, 2.75) is 11.3 Å². The molecule has 0 unspecified atom stereocenters. The summed E-state index contributed by atoms with van der Waals surface area (Å²) in [6, 6.07) is 9.15. The van der Waals surface area contributed by atoms with Crippen molar-refractivity contribution in [2.24, 2.45) is 0 Å². The second kappa shape index (κ2) is 8.58. The van der Waals surface area contributed by atoms with E-state index in [0.29, 0.717) is 37.4 Å². The number of morpholine rings is 1. The molecule has 0 bridgehead atoms. The number of rotatable bonds is 4. The maximum absolute atomic E-state index is 13.3. The van der Waals surface area contributed by atoms with Gasteiger partial charge in [0.2, 0.25) is 10.0 Å². The Morgan fingerprint density at radius 1 is 1.06 bits per heavy atom. The van der Waals surface area contributed by atoms with E-state index in [2.05, 4.69) is 0 Å². The Bertz CT molecular complexity index is 1140. The van der Waals surface area contributed by atoms with Gasteiger partial charge in [0.1, 0.15) is 0 Å². The number of ether oxygens (including phenoxy) is 2. The Balaban J connectivity index is 1.65. The smallest absolute Gasteiger partial charge is 0.337 e. The topological polar surface area (TPSA) is 93.2 Å². The van der Waals surface area contributed by atoms with Gasteiger partial charge in [-0.2, -0.15) is 4.31 Å². The predicted octanol–water partition coefficient (Wildman–Crippen LogP) is 2.35. The van der Waals surface area contributed by atoms with E-state index < -0.39 is 21.9 Å². The van der Waals surface area contributed by atoms with Gasteiger partial charge in [-0.05, 0) is 48.4 Å². The summed E-state index contributed by atoms with van der Waals surface area (Å²) in [6.07, 6.45) is 0.565. The number of hydrogen-bond acceptors (Lipinski definition) is 6. The highest BCUT2D eigenvalue weighted by Gasteiger charge is 2.31. The number of carbonyl (C=O) groups excluding carboxylic acids is 2. The Labute approximate surface area is 185 Å². The van der Waals surface area contributed by atoms with E-state index in [4.69, 9.17) is 21.1 Å². The zero-order valence-electron chi connectivity index (χ0n) is 16.8. The highest BCUT2D eigenvalue weighted by Crippen LogP contribution is 2.32. The molecule has 1 amide bonds. The lowest BCUT2D eigenvalue weighted by Crippen LogP contribution is -2.40. The average Bonchev–Trinajstić information content (AvgIpc) is 3.22. The average molecular weight is 465 g/mol. The highest BCUT2D eigenvalue weighted by atomic mass is 35.5. The Hall–Kier alpha value is -2.46. The van der Waals surface area contributed by atoms with Crippen molar-refractivity contribution < 1.29 is 27.5 Å². The lowest BCUT2D eigenvalue weighted by Gasteiger charge is -2.26. The number of amides is 1.